The van der Waals surface area contributed by atoms with Crippen LogP contribution in [0.25, 0.3) is 0 Å². The molecule has 0 N–H and O–H groups in total. The average molecular weight is 311 g/mol. The molecule has 0 heterocycles. The number of ether oxygens (including phenoxy) is 1. The highest BCUT2D eigenvalue weighted by molar-refractivity contribution is 8.31. The Morgan fingerprint density at radius 3 is 1.76 bits per heavy atom. The van der Waals surface area contributed by atoms with Gasteiger partial charge in [-0.1, -0.05) is 17.7 Å². The summed E-state index contributed by atoms with van der Waals surface area (Å²) in [5, 5.41) is 0. The van der Waals surface area contributed by atoms with Crippen LogP contribution in [0.2, 0.25) is 0 Å². The topological polar surface area (TPSA) is 43.4 Å². The zero-order valence-electron chi connectivity index (χ0n) is 8.33. The van der Waals surface area contributed by atoms with Crippen LogP contribution in [0.15, 0.2) is 24.3 Å². The third kappa shape index (κ3) is 13.3. The number of alkyl halides is 3. The second-order valence-electron chi connectivity index (χ2n) is 2.74. The summed E-state index contributed by atoms with van der Waals surface area (Å²) in [5.74, 6) is -0.187. The Morgan fingerprint density at radius 2 is 1.47 bits per heavy atom. The van der Waals surface area contributed by atoms with Crippen molar-refractivity contribution >= 4 is 29.6 Å². The lowest BCUT2D eigenvalue weighted by molar-refractivity contribution is -0.274. The molecule has 1 rings (SSSR count). The maximum atomic E-state index is 11.6. The normalized spacial score (nSPS) is 11.4. The largest absolute Gasteiger partial charge is 0.573 e. The fraction of sp³-hybridized carbons (Fsp3) is 0.250. The van der Waals surface area contributed by atoms with E-state index in [1.54, 1.807) is 19.1 Å². The summed E-state index contributed by atoms with van der Waals surface area (Å²) in [6, 6.07) is 5.67. The first-order chi connectivity index (χ1) is 7.47. The first kappa shape index (κ1) is 16.3. The van der Waals surface area contributed by atoms with Gasteiger partial charge in [-0.15, -0.1) is 13.2 Å². The van der Waals surface area contributed by atoms with Gasteiger partial charge in [0.25, 0.3) is 0 Å². The van der Waals surface area contributed by atoms with Crippen LogP contribution in [0.4, 0.5) is 13.2 Å². The van der Waals surface area contributed by atoms with Crippen LogP contribution in [0, 0.1) is 6.92 Å². The molecule has 3 nitrogen and oxygen atoms in total. The Bertz CT molecular complexity index is 434. The molecule has 0 spiro atoms. The number of hydrogen-bond acceptors (Lipinski definition) is 3. The zero-order chi connectivity index (χ0) is 13.7. The SMILES string of the molecule is Cc1ccc(OC(F)(F)F)cc1.O=S(=O)(Cl)Cl. The van der Waals surface area contributed by atoms with Crippen molar-refractivity contribution in [3.05, 3.63) is 29.8 Å². The Kier molecular flexibility index (Phi) is 6.08. The van der Waals surface area contributed by atoms with E-state index in [1.807, 2.05) is 0 Å². The fourth-order valence-corrected chi connectivity index (χ4v) is 0.740. The van der Waals surface area contributed by atoms with E-state index in [0.29, 0.717) is 0 Å². The maximum Gasteiger partial charge on any atom is 0.573 e. The summed E-state index contributed by atoms with van der Waals surface area (Å²) in [6.45, 7) is 1.79. The molecule has 0 bridgehead atoms. The van der Waals surface area contributed by atoms with Crippen molar-refractivity contribution in [3.8, 4) is 5.75 Å². The highest BCUT2D eigenvalue weighted by Crippen LogP contribution is 2.22. The van der Waals surface area contributed by atoms with E-state index < -0.39 is 14.6 Å². The molecule has 0 amide bonds. The lowest BCUT2D eigenvalue weighted by Crippen LogP contribution is -2.16. The molecule has 0 radical (unpaired) electrons. The van der Waals surface area contributed by atoms with Crippen molar-refractivity contribution in [3.63, 3.8) is 0 Å². The Balaban J connectivity index is 0.000000437. The lowest BCUT2D eigenvalue weighted by atomic mass is 10.2. The molecule has 0 saturated heterocycles. The summed E-state index contributed by atoms with van der Waals surface area (Å²) < 4.78 is 56.8. The van der Waals surface area contributed by atoms with Crippen molar-refractivity contribution in [2.45, 2.75) is 13.3 Å². The molecule has 0 fully saturated rings. The summed E-state index contributed by atoms with van der Waals surface area (Å²) in [7, 11) is 4.81. The first-order valence-electron chi connectivity index (χ1n) is 3.94. The molecule has 17 heavy (non-hydrogen) atoms. The van der Waals surface area contributed by atoms with E-state index >= 15 is 0 Å². The van der Waals surface area contributed by atoms with Gasteiger partial charge in [0.1, 0.15) is 5.75 Å². The van der Waals surface area contributed by atoms with Crippen molar-refractivity contribution in [2.24, 2.45) is 0 Å². The van der Waals surface area contributed by atoms with Crippen LogP contribution in [0.5, 0.6) is 5.75 Å². The van der Waals surface area contributed by atoms with Crippen molar-refractivity contribution in [2.75, 3.05) is 0 Å². The maximum absolute atomic E-state index is 11.6. The minimum Gasteiger partial charge on any atom is -0.406 e. The number of rotatable bonds is 1. The van der Waals surface area contributed by atoms with Gasteiger partial charge in [0.2, 0.25) is 0 Å². The average Bonchev–Trinajstić information content (AvgIpc) is 2.03. The van der Waals surface area contributed by atoms with Gasteiger partial charge in [-0.05, 0) is 19.1 Å². The van der Waals surface area contributed by atoms with Crippen LogP contribution in [-0.4, -0.2) is 14.8 Å². The molecular formula is C8H7Cl2F3O3S. The highest BCUT2D eigenvalue weighted by Gasteiger charge is 2.30. The third-order valence-corrected chi connectivity index (χ3v) is 1.25. The smallest absolute Gasteiger partial charge is 0.406 e. The predicted octanol–water partition coefficient (Wildman–Crippen LogP) is 3.60. The molecule has 9 heteroatoms. The van der Waals surface area contributed by atoms with Crippen LogP contribution in [0.3, 0.4) is 0 Å². The molecule has 0 aliphatic carbocycles. The monoisotopic (exact) mass is 310 g/mol. The van der Waals surface area contributed by atoms with Crippen molar-refractivity contribution in [1.82, 2.24) is 0 Å². The molecule has 1 aromatic carbocycles. The van der Waals surface area contributed by atoms with Gasteiger partial charge < -0.3 is 4.74 Å². The quantitative estimate of drug-likeness (QED) is 0.744. The van der Waals surface area contributed by atoms with Crippen LogP contribution < -0.4 is 4.74 Å². The molecule has 0 aliphatic rings. The van der Waals surface area contributed by atoms with E-state index in [4.69, 9.17) is 8.42 Å². The summed E-state index contributed by atoms with van der Waals surface area (Å²) in [5.41, 5.74) is 0.893. The predicted molar refractivity (Wildman–Crippen MR) is 58.5 cm³/mol. The van der Waals surface area contributed by atoms with Gasteiger partial charge in [0.05, 0.1) is 0 Å². The van der Waals surface area contributed by atoms with E-state index in [-0.39, 0.29) is 5.75 Å². The minimum absolute atomic E-state index is 0.187. The summed E-state index contributed by atoms with van der Waals surface area (Å²) in [4.78, 5) is 0. The lowest BCUT2D eigenvalue weighted by Gasteiger charge is -2.08. The molecule has 0 aliphatic heterocycles. The fourth-order valence-electron chi connectivity index (χ4n) is 0.740. The Morgan fingerprint density at radius 1 is 1.12 bits per heavy atom. The number of aryl methyl sites for hydroxylation is 1. The van der Waals surface area contributed by atoms with E-state index in [9.17, 15) is 13.2 Å². The summed E-state index contributed by atoms with van der Waals surface area (Å²) >= 11 is 0. The molecule has 0 saturated carbocycles. The summed E-state index contributed by atoms with van der Waals surface area (Å²) in [6.07, 6.45) is -4.60. The number of hydrogen-bond donors (Lipinski definition) is 0. The molecule has 98 valence electrons. The van der Waals surface area contributed by atoms with Gasteiger partial charge in [0.15, 0.2) is 0 Å². The highest BCUT2D eigenvalue weighted by atomic mass is 36.0. The van der Waals surface area contributed by atoms with Gasteiger partial charge in [-0.3, -0.25) is 0 Å². The van der Waals surface area contributed by atoms with Crippen LogP contribution in [0.1, 0.15) is 5.56 Å². The van der Waals surface area contributed by atoms with Gasteiger partial charge >= 0.3 is 14.6 Å². The van der Waals surface area contributed by atoms with E-state index in [2.05, 4.69) is 26.1 Å². The molecule has 0 atom stereocenters. The zero-order valence-corrected chi connectivity index (χ0v) is 10.7. The molecule has 0 aromatic heterocycles. The van der Waals surface area contributed by atoms with Crippen LogP contribution in [-0.2, 0) is 8.26 Å². The first-order valence-corrected chi connectivity index (χ1v) is 7.07. The second-order valence-corrected chi connectivity index (χ2v) is 6.41. The van der Waals surface area contributed by atoms with Gasteiger partial charge in [-0.25, -0.2) is 0 Å². The van der Waals surface area contributed by atoms with Crippen LogP contribution >= 0.6 is 21.4 Å². The minimum atomic E-state index is -4.60. The Hall–Kier alpha value is -0.660. The standard InChI is InChI=1S/C8H7F3O.Cl2O2S/c1-6-2-4-7(5-3-6)12-8(9,10)11;1-5(2,3)4/h2-5H,1H3;. The second kappa shape index (κ2) is 6.32. The number of benzene rings is 1. The number of halogens is 5. The molecule has 0 unspecified atom stereocenters. The Labute approximate surface area is 105 Å². The van der Waals surface area contributed by atoms with E-state index in [1.165, 1.54) is 12.1 Å². The van der Waals surface area contributed by atoms with Gasteiger partial charge in [0, 0.05) is 21.4 Å². The van der Waals surface area contributed by atoms with E-state index in [0.717, 1.165) is 5.56 Å². The van der Waals surface area contributed by atoms with Gasteiger partial charge in [-0.2, -0.15) is 8.42 Å². The van der Waals surface area contributed by atoms with Crippen molar-refractivity contribution < 1.29 is 26.3 Å². The molecular weight excluding hydrogens is 304 g/mol. The molecule has 1 aromatic rings. The third-order valence-electron chi connectivity index (χ3n) is 1.25. The van der Waals surface area contributed by atoms with Crippen molar-refractivity contribution in [1.29, 1.82) is 0 Å².